The molecule has 1 aromatic rings. The van der Waals surface area contributed by atoms with Crippen LogP contribution in [0, 0.1) is 0 Å². The van der Waals surface area contributed by atoms with E-state index in [1.165, 1.54) is 9.97 Å². The van der Waals surface area contributed by atoms with Crippen molar-refractivity contribution >= 4 is 92.5 Å². The van der Waals surface area contributed by atoms with E-state index in [9.17, 15) is 0 Å². The minimum absolute atomic E-state index is 0.391. The molecule has 0 aliphatic heterocycles. The first-order valence-electron chi connectivity index (χ1n) is 18.9. The Kier molecular flexibility index (Phi) is 26.3. The predicted octanol–water partition coefficient (Wildman–Crippen LogP) is 16.4. The van der Waals surface area contributed by atoms with Gasteiger partial charge in [-0.25, -0.2) is 0 Å². The molecule has 51 heavy (non-hydrogen) atoms. The molecule has 0 heterocycles. The molecule has 1 aromatic carbocycles. The topological polar surface area (TPSA) is 0 Å². The Balaban J connectivity index is -0.000000285. The number of hydrogen-bond acceptors (Lipinski definition) is 0. The Labute approximate surface area is 362 Å². The van der Waals surface area contributed by atoms with Gasteiger partial charge in [0.25, 0.3) is 0 Å². The van der Waals surface area contributed by atoms with E-state index >= 15 is 0 Å². The van der Waals surface area contributed by atoms with Crippen molar-refractivity contribution in [3.63, 3.8) is 0 Å². The average molecular weight is 998 g/mol. The van der Waals surface area contributed by atoms with Crippen LogP contribution in [-0.4, -0.2) is 74.1 Å². The van der Waals surface area contributed by atoms with Crippen molar-refractivity contribution in [3.05, 3.63) is 40.8 Å². The second-order valence-electron chi connectivity index (χ2n) is 23.3. The summed E-state index contributed by atoms with van der Waals surface area (Å²) >= 11 is 8.93. The normalized spacial score (nSPS) is 14.0. The molecule has 0 N–H and O–H groups in total. The molecule has 294 valence electrons. The van der Waals surface area contributed by atoms with E-state index in [4.69, 9.17) is 0 Å². The third-order valence-electron chi connectivity index (χ3n) is 7.98. The van der Waals surface area contributed by atoms with Crippen LogP contribution >= 0.6 is 14.0 Å². The SMILES string of the molecule is CC(C)(C)[Si](C(C)(C)C)C(C)(C)C.CC(C)(C)[Si](C(C)(C)C)C(C)(C)C.CC(C)(C)[Si](C(C)(C)C)C(C)(C)C.[Ge][Br].[Ge][CH]=[C]([Ge])c1ccccc1. The van der Waals surface area contributed by atoms with Gasteiger partial charge in [-0.3, -0.25) is 0 Å². The van der Waals surface area contributed by atoms with Crippen LogP contribution in [0.15, 0.2) is 35.2 Å². The molecule has 0 aliphatic rings. The van der Waals surface area contributed by atoms with Crippen molar-refractivity contribution in [1.29, 1.82) is 0 Å². The van der Waals surface area contributed by atoms with E-state index in [-0.39, 0.29) is 0 Å². The standard InChI is InChI=1S/3C12H27Si.C8H6Ge2.BrGe/c3*1-10(2,3)13(11(4,5)6)12(7,8)9;9-6-8(10)7-4-2-1-3-5-7;1-2/h3*1-9H3;1-6H;. The third kappa shape index (κ3) is 26.3. The molecule has 12 radical (unpaired) electrons. The van der Waals surface area contributed by atoms with Gasteiger partial charge < -0.3 is 0 Å². The third-order valence-corrected chi connectivity index (χ3v) is 24.3. The average Bonchev–Trinajstić information content (AvgIpc) is 2.77. The summed E-state index contributed by atoms with van der Waals surface area (Å²) in [5, 5.41) is 4.39. The fourth-order valence-electron chi connectivity index (χ4n) is 10.8. The second kappa shape index (κ2) is 22.6. The fraction of sp³-hybridized carbons (Fsp3) is 0.818. The van der Waals surface area contributed by atoms with Crippen LogP contribution in [0.3, 0.4) is 0 Å². The zero-order valence-corrected chi connectivity index (χ0v) is 50.2. The molecule has 1 rings (SSSR count). The summed E-state index contributed by atoms with van der Waals surface area (Å²) in [5.74, 6) is 0. The number of halogens is 1. The molecule has 0 saturated carbocycles. The first kappa shape index (κ1) is 59.4. The Morgan fingerprint density at radius 1 is 0.392 bits per heavy atom. The Bertz CT molecular complexity index is 884. The van der Waals surface area contributed by atoms with Gasteiger partial charge in [0.05, 0.1) is 26.4 Å². The molecule has 0 fully saturated rings. The summed E-state index contributed by atoms with van der Waals surface area (Å²) in [6.45, 7) is 64.8. The van der Waals surface area contributed by atoms with Gasteiger partial charge >= 0.3 is 107 Å². The van der Waals surface area contributed by atoms with Crippen molar-refractivity contribution in [1.82, 2.24) is 0 Å². The van der Waals surface area contributed by atoms with E-state index in [0.717, 1.165) is 0 Å². The molecule has 0 atom stereocenters. The quantitative estimate of drug-likeness (QED) is 0.246. The summed E-state index contributed by atoms with van der Waals surface area (Å²) in [5.41, 5.74) is 1.31. The van der Waals surface area contributed by atoms with Crippen LogP contribution < -0.4 is 0 Å². The van der Waals surface area contributed by atoms with Crippen LogP contribution in [-0.2, 0) is 0 Å². The van der Waals surface area contributed by atoms with E-state index in [1.54, 1.807) is 0 Å². The first-order chi connectivity index (χ1) is 21.9. The van der Waals surface area contributed by atoms with Crippen LogP contribution in [0.2, 0.25) is 45.3 Å². The van der Waals surface area contributed by atoms with Gasteiger partial charge in [0.15, 0.2) is 0 Å². The Morgan fingerprint density at radius 3 is 0.647 bits per heavy atom. The summed E-state index contributed by atoms with van der Waals surface area (Å²) < 4.78 is 1.33. The van der Waals surface area contributed by atoms with Crippen molar-refractivity contribution in [2.75, 3.05) is 0 Å². The van der Waals surface area contributed by atoms with Crippen LogP contribution in [0.5, 0.6) is 0 Å². The van der Waals surface area contributed by atoms with E-state index in [1.807, 2.05) is 20.7 Å². The Hall–Kier alpha value is 1.72. The summed E-state index contributed by atoms with van der Waals surface area (Å²) in [6, 6.07) is 10.4. The van der Waals surface area contributed by atoms with Gasteiger partial charge in [-0.1, -0.05) is 187 Å². The van der Waals surface area contributed by atoms with Gasteiger partial charge in [0.1, 0.15) is 0 Å². The van der Waals surface area contributed by atoms with Gasteiger partial charge in [-0.2, -0.15) is 0 Å². The van der Waals surface area contributed by atoms with Gasteiger partial charge in [-0.15, -0.1) is 0 Å². The zero-order chi connectivity index (χ0) is 42.6. The summed E-state index contributed by atoms with van der Waals surface area (Å²) in [6.07, 6.45) is 0. The molecule has 0 unspecified atom stereocenters. The van der Waals surface area contributed by atoms with E-state index < -0.39 is 26.4 Å². The van der Waals surface area contributed by atoms with Gasteiger partial charge in [0, 0.05) is 0 Å². The molecule has 0 nitrogen and oxygen atoms in total. The van der Waals surface area contributed by atoms with Gasteiger partial charge in [-0.05, 0) is 45.3 Å². The predicted molar refractivity (Wildman–Crippen MR) is 255 cm³/mol. The second-order valence-corrected chi connectivity index (χ2v) is 40.8. The molecule has 7 heteroatoms. The van der Waals surface area contributed by atoms with Crippen LogP contribution in [0.25, 0.3) is 4.41 Å². The van der Waals surface area contributed by atoms with Crippen LogP contribution in [0.4, 0.5) is 0 Å². The molecular weight excluding hydrogens is 910 g/mol. The number of rotatable bonds is 1. The maximum atomic E-state index is 2.94. The van der Waals surface area contributed by atoms with Crippen molar-refractivity contribution in [3.8, 4) is 0 Å². The van der Waals surface area contributed by atoms with Crippen molar-refractivity contribution < 1.29 is 0 Å². The Morgan fingerprint density at radius 2 is 0.549 bits per heavy atom. The van der Waals surface area contributed by atoms with Gasteiger partial charge in [0.2, 0.25) is 0 Å². The molecule has 0 amide bonds. The molecule has 0 saturated heterocycles. The molecule has 0 spiro atoms. The molecular formula is C44H87BrGe3Si3. The van der Waals surface area contributed by atoms with E-state index in [2.05, 4.69) is 263 Å². The summed E-state index contributed by atoms with van der Waals surface area (Å²) in [7, 11) is -1.17. The zero-order valence-electron chi connectivity index (χ0n) is 39.3. The van der Waals surface area contributed by atoms with Crippen molar-refractivity contribution in [2.24, 2.45) is 0 Å². The monoisotopic (exact) mass is 1000 g/mol. The minimum atomic E-state index is -0.391. The maximum absolute atomic E-state index is 2.94. The number of benzene rings is 1. The molecule has 0 bridgehead atoms. The molecule has 0 aromatic heterocycles. The van der Waals surface area contributed by atoms with Crippen molar-refractivity contribution in [2.45, 2.75) is 232 Å². The van der Waals surface area contributed by atoms with Crippen LogP contribution in [0.1, 0.15) is 193 Å². The molecule has 0 aliphatic carbocycles. The van der Waals surface area contributed by atoms with E-state index in [0.29, 0.717) is 45.3 Å². The number of hydrogen-bond donors (Lipinski definition) is 0. The summed E-state index contributed by atoms with van der Waals surface area (Å²) in [4.78, 5) is 2.12. The fourth-order valence-corrected chi connectivity index (χ4v) is 31.8. The first-order valence-corrected chi connectivity index (χ1v) is 30.6.